The molecule has 0 aliphatic carbocycles. The first kappa shape index (κ1) is 15.6. The Labute approximate surface area is 125 Å². The molecule has 4 nitrogen and oxygen atoms in total. The van der Waals surface area contributed by atoms with E-state index in [2.05, 4.69) is 5.43 Å². The van der Waals surface area contributed by atoms with Crippen molar-refractivity contribution in [3.8, 4) is 5.75 Å². The van der Waals surface area contributed by atoms with Gasteiger partial charge >= 0.3 is 0 Å². The minimum Gasteiger partial charge on any atom is -0.495 e. The molecule has 1 fully saturated rings. The molecule has 2 rings (SSSR count). The van der Waals surface area contributed by atoms with Crippen molar-refractivity contribution in [2.75, 3.05) is 13.7 Å². The van der Waals surface area contributed by atoms with Crippen molar-refractivity contribution in [2.24, 2.45) is 5.84 Å². The van der Waals surface area contributed by atoms with Gasteiger partial charge in [0.15, 0.2) is 0 Å². The first-order valence-electron chi connectivity index (χ1n) is 7.15. The van der Waals surface area contributed by atoms with Crippen LogP contribution in [0, 0.1) is 0 Å². The smallest absolute Gasteiger partial charge is 0.137 e. The Balaban J connectivity index is 1.96. The number of hydrogen-bond donors (Lipinski definition) is 2. The Bertz CT molecular complexity index is 422. The van der Waals surface area contributed by atoms with E-state index in [-0.39, 0.29) is 6.04 Å². The Hall–Kier alpha value is -0.810. The predicted octanol–water partition coefficient (Wildman–Crippen LogP) is 3.20. The van der Waals surface area contributed by atoms with Crippen LogP contribution in [-0.4, -0.2) is 19.8 Å². The maximum atomic E-state index is 6.05. The van der Waals surface area contributed by atoms with Crippen LogP contribution in [0.1, 0.15) is 43.7 Å². The van der Waals surface area contributed by atoms with Gasteiger partial charge in [0.05, 0.1) is 18.2 Å². The molecule has 0 bridgehead atoms. The van der Waals surface area contributed by atoms with Crippen LogP contribution in [0.2, 0.25) is 5.02 Å². The molecule has 1 heterocycles. The largest absolute Gasteiger partial charge is 0.495 e. The lowest BCUT2D eigenvalue weighted by Crippen LogP contribution is -2.29. The van der Waals surface area contributed by atoms with E-state index in [1.807, 2.05) is 18.2 Å². The zero-order valence-electron chi connectivity index (χ0n) is 11.9. The average molecular weight is 299 g/mol. The summed E-state index contributed by atoms with van der Waals surface area (Å²) in [6.45, 7) is 0.889. The van der Waals surface area contributed by atoms with Gasteiger partial charge in [0, 0.05) is 12.6 Å². The van der Waals surface area contributed by atoms with Crippen LogP contribution in [0.25, 0.3) is 0 Å². The molecule has 1 aromatic carbocycles. The highest BCUT2D eigenvalue weighted by atomic mass is 35.5. The second-order valence-electron chi connectivity index (χ2n) is 5.18. The van der Waals surface area contributed by atoms with E-state index >= 15 is 0 Å². The van der Waals surface area contributed by atoms with E-state index in [1.165, 1.54) is 12.8 Å². The van der Waals surface area contributed by atoms with Crippen molar-refractivity contribution in [3.63, 3.8) is 0 Å². The first-order chi connectivity index (χ1) is 9.74. The SMILES string of the molecule is COc1cc(C(CCC2CCCCO2)NN)ccc1Cl. The fourth-order valence-electron chi connectivity index (χ4n) is 2.63. The third-order valence-electron chi connectivity index (χ3n) is 3.83. The zero-order valence-corrected chi connectivity index (χ0v) is 12.7. The monoisotopic (exact) mass is 298 g/mol. The highest BCUT2D eigenvalue weighted by molar-refractivity contribution is 6.32. The lowest BCUT2D eigenvalue weighted by molar-refractivity contribution is 0.00854. The van der Waals surface area contributed by atoms with Crippen molar-refractivity contribution in [1.82, 2.24) is 5.43 Å². The minimum atomic E-state index is 0.0895. The van der Waals surface area contributed by atoms with Crippen LogP contribution in [0.15, 0.2) is 18.2 Å². The fourth-order valence-corrected chi connectivity index (χ4v) is 2.82. The molecule has 1 aliphatic heterocycles. The van der Waals surface area contributed by atoms with Crippen LogP contribution < -0.4 is 16.0 Å². The Morgan fingerprint density at radius 2 is 2.35 bits per heavy atom. The maximum Gasteiger partial charge on any atom is 0.137 e. The van der Waals surface area contributed by atoms with Gasteiger partial charge in [-0.2, -0.15) is 0 Å². The number of benzene rings is 1. The molecule has 112 valence electrons. The zero-order chi connectivity index (χ0) is 14.4. The van der Waals surface area contributed by atoms with Gasteiger partial charge in [0.25, 0.3) is 0 Å². The Morgan fingerprint density at radius 3 is 3.00 bits per heavy atom. The van der Waals surface area contributed by atoms with Gasteiger partial charge in [-0.05, 0) is 49.8 Å². The van der Waals surface area contributed by atoms with E-state index in [9.17, 15) is 0 Å². The molecule has 1 aromatic rings. The molecule has 0 aromatic heterocycles. The third kappa shape index (κ3) is 4.09. The number of nitrogens with two attached hydrogens (primary N) is 1. The predicted molar refractivity (Wildman–Crippen MR) is 80.9 cm³/mol. The van der Waals surface area contributed by atoms with Gasteiger partial charge in [0.2, 0.25) is 0 Å². The van der Waals surface area contributed by atoms with E-state index in [4.69, 9.17) is 26.9 Å². The third-order valence-corrected chi connectivity index (χ3v) is 4.14. The summed E-state index contributed by atoms with van der Waals surface area (Å²) in [5.41, 5.74) is 3.96. The lowest BCUT2D eigenvalue weighted by Gasteiger charge is -2.25. The fraction of sp³-hybridized carbons (Fsp3) is 0.600. The summed E-state index contributed by atoms with van der Waals surface area (Å²) < 4.78 is 11.0. The summed E-state index contributed by atoms with van der Waals surface area (Å²) in [5.74, 6) is 6.36. The van der Waals surface area contributed by atoms with E-state index in [0.29, 0.717) is 16.9 Å². The lowest BCUT2D eigenvalue weighted by atomic mass is 9.97. The summed E-state index contributed by atoms with van der Waals surface area (Å²) in [6.07, 6.45) is 5.92. The van der Waals surface area contributed by atoms with Crippen LogP contribution in [0.3, 0.4) is 0 Å². The Morgan fingerprint density at radius 1 is 1.50 bits per heavy atom. The summed E-state index contributed by atoms with van der Waals surface area (Å²) in [4.78, 5) is 0. The molecular formula is C15H23ClN2O2. The summed E-state index contributed by atoms with van der Waals surface area (Å²) in [5, 5.41) is 0.614. The first-order valence-corrected chi connectivity index (χ1v) is 7.53. The van der Waals surface area contributed by atoms with Gasteiger partial charge in [0.1, 0.15) is 5.75 Å². The molecule has 0 radical (unpaired) electrons. The van der Waals surface area contributed by atoms with Gasteiger partial charge in [-0.25, -0.2) is 0 Å². The molecule has 0 amide bonds. The number of halogens is 1. The Kier molecular flexibility index (Phi) is 6.10. The van der Waals surface area contributed by atoms with Crippen LogP contribution in [0.5, 0.6) is 5.75 Å². The quantitative estimate of drug-likeness (QED) is 0.625. The molecular weight excluding hydrogens is 276 g/mol. The molecule has 1 aliphatic rings. The number of methoxy groups -OCH3 is 1. The van der Waals surface area contributed by atoms with Crippen LogP contribution in [0.4, 0.5) is 0 Å². The highest BCUT2D eigenvalue weighted by Gasteiger charge is 2.18. The normalized spacial score (nSPS) is 20.6. The maximum absolute atomic E-state index is 6.05. The summed E-state index contributed by atoms with van der Waals surface area (Å²) in [6, 6.07) is 5.86. The van der Waals surface area contributed by atoms with E-state index < -0.39 is 0 Å². The molecule has 2 atom stereocenters. The molecule has 0 saturated carbocycles. The van der Waals surface area contributed by atoms with E-state index in [0.717, 1.165) is 31.4 Å². The van der Waals surface area contributed by atoms with Crippen molar-refractivity contribution in [2.45, 2.75) is 44.2 Å². The minimum absolute atomic E-state index is 0.0895. The van der Waals surface area contributed by atoms with Crippen LogP contribution >= 0.6 is 11.6 Å². The van der Waals surface area contributed by atoms with E-state index in [1.54, 1.807) is 7.11 Å². The van der Waals surface area contributed by atoms with Gasteiger partial charge in [-0.3, -0.25) is 11.3 Å². The van der Waals surface area contributed by atoms with Gasteiger partial charge < -0.3 is 9.47 Å². The number of hydrazine groups is 1. The molecule has 3 N–H and O–H groups in total. The second-order valence-corrected chi connectivity index (χ2v) is 5.59. The number of hydrogen-bond acceptors (Lipinski definition) is 4. The topological polar surface area (TPSA) is 56.5 Å². The standard InChI is InChI=1S/C15H23ClN2O2/c1-19-15-10-11(5-7-13(15)16)14(18-17)8-6-12-4-2-3-9-20-12/h5,7,10,12,14,18H,2-4,6,8-9,17H2,1H3. The van der Waals surface area contributed by atoms with Crippen molar-refractivity contribution in [1.29, 1.82) is 0 Å². The van der Waals surface area contributed by atoms with Gasteiger partial charge in [-0.1, -0.05) is 17.7 Å². The molecule has 20 heavy (non-hydrogen) atoms. The number of ether oxygens (including phenoxy) is 2. The molecule has 1 saturated heterocycles. The number of nitrogens with one attached hydrogen (secondary N) is 1. The van der Waals surface area contributed by atoms with Crippen molar-refractivity contribution in [3.05, 3.63) is 28.8 Å². The molecule has 5 heteroatoms. The van der Waals surface area contributed by atoms with Crippen molar-refractivity contribution < 1.29 is 9.47 Å². The average Bonchev–Trinajstić information content (AvgIpc) is 2.50. The molecule has 0 spiro atoms. The van der Waals surface area contributed by atoms with Crippen LogP contribution in [-0.2, 0) is 4.74 Å². The second kappa shape index (κ2) is 7.84. The van der Waals surface area contributed by atoms with Crippen molar-refractivity contribution >= 4 is 11.6 Å². The van der Waals surface area contributed by atoms with Gasteiger partial charge in [-0.15, -0.1) is 0 Å². The molecule has 2 unspecified atom stereocenters. The summed E-state index contributed by atoms with van der Waals surface area (Å²) in [7, 11) is 1.62. The summed E-state index contributed by atoms with van der Waals surface area (Å²) >= 11 is 6.05. The highest BCUT2D eigenvalue weighted by Crippen LogP contribution is 2.30. The number of rotatable bonds is 6.